The zero-order valence-electron chi connectivity index (χ0n) is 11.9. The van der Waals surface area contributed by atoms with E-state index in [1.807, 2.05) is 6.07 Å². The van der Waals surface area contributed by atoms with E-state index < -0.39 is 24.0 Å². The largest absolute Gasteiger partial charge is 0.480 e. The maximum Gasteiger partial charge on any atom is 0.408 e. The number of hydrogen-bond acceptors (Lipinski definition) is 4. The third kappa shape index (κ3) is 5.94. The van der Waals surface area contributed by atoms with Crippen LogP contribution in [-0.2, 0) is 20.9 Å². The minimum Gasteiger partial charge on any atom is -0.480 e. The molecule has 0 heterocycles. The molecular weight excluding hydrogens is 276 g/mol. The average molecular weight is 294 g/mol. The van der Waals surface area contributed by atoms with Gasteiger partial charge in [-0.25, -0.2) is 9.59 Å². The Labute approximate surface area is 122 Å². The highest BCUT2D eigenvalue weighted by Gasteiger charge is 2.24. The Morgan fingerprint density at radius 3 is 2.38 bits per heavy atom. The molecule has 0 fully saturated rings. The second kappa shape index (κ2) is 7.88. The van der Waals surface area contributed by atoms with Crippen molar-refractivity contribution in [2.75, 3.05) is 14.1 Å². The van der Waals surface area contributed by atoms with Crippen molar-refractivity contribution in [2.45, 2.75) is 19.1 Å². The van der Waals surface area contributed by atoms with E-state index in [-0.39, 0.29) is 13.0 Å². The Morgan fingerprint density at radius 2 is 1.86 bits per heavy atom. The number of carboxylic acid groups (broad SMARTS) is 1. The van der Waals surface area contributed by atoms with Crippen LogP contribution < -0.4 is 5.32 Å². The van der Waals surface area contributed by atoms with Crippen molar-refractivity contribution in [2.24, 2.45) is 0 Å². The fraction of sp³-hybridized carbons (Fsp3) is 0.357. The molecule has 1 aromatic rings. The van der Waals surface area contributed by atoms with E-state index in [2.05, 4.69) is 5.32 Å². The second-order valence-electron chi connectivity index (χ2n) is 4.59. The normalized spacial score (nSPS) is 11.3. The van der Waals surface area contributed by atoms with Gasteiger partial charge in [0.05, 0.1) is 6.42 Å². The first-order valence-electron chi connectivity index (χ1n) is 6.30. The predicted octanol–water partition coefficient (Wildman–Crippen LogP) is 0.844. The van der Waals surface area contributed by atoms with Gasteiger partial charge in [0, 0.05) is 14.1 Å². The summed E-state index contributed by atoms with van der Waals surface area (Å²) in [5.74, 6) is -1.69. The van der Waals surface area contributed by atoms with Crippen LogP contribution in [-0.4, -0.2) is 48.1 Å². The summed E-state index contributed by atoms with van der Waals surface area (Å²) in [6, 6.07) is 7.66. The molecule has 0 unspecified atom stereocenters. The van der Waals surface area contributed by atoms with Crippen molar-refractivity contribution in [1.29, 1.82) is 0 Å². The lowest BCUT2D eigenvalue weighted by atomic mass is 10.2. The molecule has 0 aromatic heterocycles. The third-order valence-electron chi connectivity index (χ3n) is 2.68. The highest BCUT2D eigenvalue weighted by Crippen LogP contribution is 2.02. The van der Waals surface area contributed by atoms with Crippen LogP contribution in [0.2, 0.25) is 0 Å². The molecular formula is C14H18N2O5. The molecule has 0 aliphatic heterocycles. The lowest BCUT2D eigenvalue weighted by Gasteiger charge is -2.16. The Balaban J connectivity index is 2.49. The van der Waals surface area contributed by atoms with Gasteiger partial charge in [-0.15, -0.1) is 0 Å². The van der Waals surface area contributed by atoms with Gasteiger partial charge in [0.2, 0.25) is 5.91 Å². The Hall–Kier alpha value is -2.57. The fourth-order valence-electron chi connectivity index (χ4n) is 1.46. The van der Waals surface area contributed by atoms with E-state index in [9.17, 15) is 14.4 Å². The average Bonchev–Trinajstić information content (AvgIpc) is 2.45. The molecule has 7 heteroatoms. The number of alkyl carbamates (subject to hydrolysis) is 1. The summed E-state index contributed by atoms with van der Waals surface area (Å²) in [6.45, 7) is 0.0284. The van der Waals surface area contributed by atoms with Gasteiger partial charge in [0.1, 0.15) is 12.6 Å². The van der Waals surface area contributed by atoms with E-state index >= 15 is 0 Å². The number of amides is 2. The fourth-order valence-corrected chi connectivity index (χ4v) is 1.46. The van der Waals surface area contributed by atoms with Crippen LogP contribution in [0.1, 0.15) is 12.0 Å². The summed E-state index contributed by atoms with van der Waals surface area (Å²) < 4.78 is 4.91. The molecule has 2 N–H and O–H groups in total. The van der Waals surface area contributed by atoms with E-state index in [0.29, 0.717) is 0 Å². The van der Waals surface area contributed by atoms with Gasteiger partial charge < -0.3 is 20.1 Å². The number of ether oxygens (including phenoxy) is 1. The number of aliphatic carboxylic acids is 1. The molecule has 7 nitrogen and oxygen atoms in total. The first-order valence-corrected chi connectivity index (χ1v) is 6.30. The van der Waals surface area contributed by atoms with Gasteiger partial charge in [-0.05, 0) is 5.56 Å². The molecule has 0 radical (unpaired) electrons. The maximum atomic E-state index is 11.6. The number of carbonyl (C=O) groups excluding carboxylic acids is 2. The molecule has 2 amide bonds. The predicted molar refractivity (Wildman–Crippen MR) is 74.5 cm³/mol. The second-order valence-corrected chi connectivity index (χ2v) is 4.59. The van der Waals surface area contributed by atoms with Crippen LogP contribution in [0.25, 0.3) is 0 Å². The molecule has 1 atom stereocenters. The number of hydrogen-bond donors (Lipinski definition) is 2. The van der Waals surface area contributed by atoms with Gasteiger partial charge in [-0.2, -0.15) is 0 Å². The molecule has 0 aliphatic rings. The Morgan fingerprint density at radius 1 is 1.24 bits per heavy atom. The minimum absolute atomic E-state index is 0.0284. The number of rotatable bonds is 6. The Bertz CT molecular complexity index is 501. The van der Waals surface area contributed by atoms with Gasteiger partial charge in [0.25, 0.3) is 0 Å². The van der Waals surface area contributed by atoms with Crippen molar-refractivity contribution >= 4 is 18.0 Å². The summed E-state index contributed by atoms with van der Waals surface area (Å²) in [4.78, 5) is 35.3. The summed E-state index contributed by atoms with van der Waals surface area (Å²) in [5, 5.41) is 11.2. The van der Waals surface area contributed by atoms with Crippen LogP contribution in [0.15, 0.2) is 30.3 Å². The summed E-state index contributed by atoms with van der Waals surface area (Å²) in [7, 11) is 3.02. The maximum absolute atomic E-state index is 11.6. The van der Waals surface area contributed by atoms with E-state index in [1.165, 1.54) is 19.0 Å². The van der Waals surface area contributed by atoms with Gasteiger partial charge in [-0.3, -0.25) is 4.79 Å². The Kier molecular flexibility index (Phi) is 6.19. The zero-order chi connectivity index (χ0) is 15.8. The quantitative estimate of drug-likeness (QED) is 0.810. The van der Waals surface area contributed by atoms with Crippen molar-refractivity contribution in [3.05, 3.63) is 35.9 Å². The van der Waals surface area contributed by atoms with E-state index in [4.69, 9.17) is 9.84 Å². The lowest BCUT2D eigenvalue weighted by Crippen LogP contribution is -2.44. The van der Waals surface area contributed by atoms with E-state index in [0.717, 1.165) is 5.56 Å². The van der Waals surface area contributed by atoms with Gasteiger partial charge in [-0.1, -0.05) is 30.3 Å². The van der Waals surface area contributed by atoms with E-state index in [1.54, 1.807) is 24.3 Å². The third-order valence-corrected chi connectivity index (χ3v) is 2.68. The van der Waals surface area contributed by atoms with Crippen LogP contribution in [0.5, 0.6) is 0 Å². The van der Waals surface area contributed by atoms with Gasteiger partial charge in [0.15, 0.2) is 0 Å². The molecule has 0 bridgehead atoms. The molecule has 21 heavy (non-hydrogen) atoms. The molecule has 0 spiro atoms. The first-order chi connectivity index (χ1) is 9.90. The van der Waals surface area contributed by atoms with Crippen molar-refractivity contribution in [1.82, 2.24) is 10.2 Å². The number of benzene rings is 1. The van der Waals surface area contributed by atoms with Crippen LogP contribution in [0, 0.1) is 0 Å². The zero-order valence-corrected chi connectivity index (χ0v) is 11.9. The number of carbonyl (C=O) groups is 3. The van der Waals surface area contributed by atoms with Crippen LogP contribution in [0.4, 0.5) is 4.79 Å². The highest BCUT2D eigenvalue weighted by atomic mass is 16.5. The molecule has 0 saturated heterocycles. The van der Waals surface area contributed by atoms with Gasteiger partial charge >= 0.3 is 12.1 Å². The highest BCUT2D eigenvalue weighted by molar-refractivity contribution is 5.86. The number of nitrogens with one attached hydrogen (secondary N) is 1. The smallest absolute Gasteiger partial charge is 0.408 e. The first kappa shape index (κ1) is 16.5. The van der Waals surface area contributed by atoms with Crippen LogP contribution >= 0.6 is 0 Å². The minimum atomic E-state index is -1.32. The number of nitrogens with zero attached hydrogens (tertiary/aromatic N) is 1. The summed E-state index contributed by atoms with van der Waals surface area (Å²) >= 11 is 0. The monoisotopic (exact) mass is 294 g/mol. The van der Waals surface area contributed by atoms with Crippen molar-refractivity contribution < 1.29 is 24.2 Å². The summed E-state index contributed by atoms with van der Waals surface area (Å²) in [6.07, 6.45) is -1.21. The SMILES string of the molecule is CN(C)C(=O)C[C@H](NC(=O)OCc1ccccc1)C(=O)O. The molecule has 114 valence electrons. The molecule has 1 aromatic carbocycles. The lowest BCUT2D eigenvalue weighted by molar-refractivity contribution is -0.142. The molecule has 0 saturated carbocycles. The summed E-state index contributed by atoms with van der Waals surface area (Å²) in [5.41, 5.74) is 0.781. The van der Waals surface area contributed by atoms with Crippen LogP contribution in [0.3, 0.4) is 0 Å². The standard InChI is InChI=1S/C14H18N2O5/c1-16(2)12(17)8-11(13(18)19)15-14(20)21-9-10-6-4-3-5-7-10/h3-7,11H,8-9H2,1-2H3,(H,15,20)(H,18,19)/t11-/m0/s1. The molecule has 1 rings (SSSR count). The van der Waals surface area contributed by atoms with Crippen molar-refractivity contribution in [3.63, 3.8) is 0 Å². The van der Waals surface area contributed by atoms with Crippen molar-refractivity contribution in [3.8, 4) is 0 Å². The topological polar surface area (TPSA) is 95.9 Å². The number of carboxylic acids is 1. The molecule has 0 aliphatic carbocycles.